The minimum Gasteiger partial charge on any atom is -0.394 e. The molecule has 0 bridgehead atoms. The Kier molecular flexibility index (Phi) is 4.65. The van der Waals surface area contributed by atoms with Gasteiger partial charge in [0.1, 0.15) is 0 Å². The van der Waals surface area contributed by atoms with Crippen LogP contribution in [0.3, 0.4) is 0 Å². The molecule has 2 heterocycles. The van der Waals surface area contributed by atoms with Gasteiger partial charge in [0, 0.05) is 37.6 Å². The van der Waals surface area contributed by atoms with Gasteiger partial charge < -0.3 is 21.1 Å². The maximum atomic E-state index is 9.68. The van der Waals surface area contributed by atoms with Crippen LogP contribution in [0, 0.1) is 11.3 Å². The summed E-state index contributed by atoms with van der Waals surface area (Å²) in [6.45, 7) is 0.763. The Hall–Kier alpha value is -2.62. The van der Waals surface area contributed by atoms with Crippen molar-refractivity contribution in [1.29, 1.82) is 5.26 Å². The van der Waals surface area contributed by atoms with Gasteiger partial charge in [-0.1, -0.05) is 6.07 Å². The van der Waals surface area contributed by atoms with Gasteiger partial charge in [-0.25, -0.2) is 0 Å². The van der Waals surface area contributed by atoms with Crippen molar-refractivity contribution >= 4 is 11.4 Å². The van der Waals surface area contributed by atoms with Gasteiger partial charge in [0.05, 0.1) is 35.7 Å². The van der Waals surface area contributed by atoms with Crippen LogP contribution >= 0.6 is 0 Å². The summed E-state index contributed by atoms with van der Waals surface area (Å²) >= 11 is 0. The fourth-order valence-electron chi connectivity index (χ4n) is 3.29. The molecule has 0 radical (unpaired) electrons. The van der Waals surface area contributed by atoms with E-state index in [2.05, 4.69) is 21.3 Å². The average Bonchev–Trinajstić information content (AvgIpc) is 3.01. The molecule has 0 spiro atoms. The molecule has 1 fully saturated rings. The Bertz CT molecular complexity index is 770. The van der Waals surface area contributed by atoms with Gasteiger partial charge in [-0.2, -0.15) is 5.26 Å². The van der Waals surface area contributed by atoms with Crippen LogP contribution in [0.1, 0.15) is 12.0 Å². The van der Waals surface area contributed by atoms with Crippen molar-refractivity contribution in [2.75, 3.05) is 30.4 Å². The number of aliphatic hydroxyl groups excluding tert-OH is 1. The Balaban J connectivity index is 2.08. The van der Waals surface area contributed by atoms with Crippen LogP contribution in [-0.2, 0) is 0 Å². The highest BCUT2D eigenvalue weighted by Crippen LogP contribution is 2.36. The maximum Gasteiger partial charge on any atom is 0.0999 e. The number of aromatic nitrogens is 1. The second-order valence-corrected chi connectivity index (χ2v) is 6.00. The van der Waals surface area contributed by atoms with Crippen LogP contribution in [0.25, 0.3) is 11.1 Å². The first-order chi connectivity index (χ1) is 11.7. The Morgan fingerprint density at radius 3 is 3.00 bits per heavy atom. The topological polar surface area (TPSA) is 98.2 Å². The zero-order chi connectivity index (χ0) is 17.1. The predicted octanol–water partition coefficient (Wildman–Crippen LogP) is 1.56. The molecule has 2 unspecified atom stereocenters. The number of nitriles is 1. The molecule has 1 aliphatic rings. The largest absolute Gasteiger partial charge is 0.394 e. The van der Waals surface area contributed by atoms with Crippen molar-refractivity contribution in [3.63, 3.8) is 0 Å². The van der Waals surface area contributed by atoms with Crippen molar-refractivity contribution in [2.24, 2.45) is 5.73 Å². The van der Waals surface area contributed by atoms with Crippen molar-refractivity contribution < 1.29 is 5.11 Å². The molecule has 4 N–H and O–H groups in total. The first kappa shape index (κ1) is 16.2. The standard InChI is InChI=1S/C18H21N5O/c1-21-17-3-2-12(16-9-22-5-4-13(16)8-19)6-18(17)23-10-14(20)7-15(23)11-24/h2-6,9,14-15,21,24H,7,10-11,20H2,1H3. The van der Waals surface area contributed by atoms with Gasteiger partial charge in [-0.3, -0.25) is 4.98 Å². The number of benzene rings is 1. The van der Waals surface area contributed by atoms with Gasteiger partial charge in [0.15, 0.2) is 0 Å². The van der Waals surface area contributed by atoms with E-state index < -0.39 is 0 Å². The second kappa shape index (κ2) is 6.87. The number of nitrogens with two attached hydrogens (primary N) is 1. The summed E-state index contributed by atoms with van der Waals surface area (Å²) in [5, 5.41) is 22.2. The Labute approximate surface area is 141 Å². The second-order valence-electron chi connectivity index (χ2n) is 6.00. The highest BCUT2D eigenvalue weighted by atomic mass is 16.3. The lowest BCUT2D eigenvalue weighted by molar-refractivity contribution is 0.265. The molecular weight excluding hydrogens is 302 g/mol. The lowest BCUT2D eigenvalue weighted by atomic mass is 10.0. The van der Waals surface area contributed by atoms with E-state index in [9.17, 15) is 10.4 Å². The molecule has 3 rings (SSSR count). The smallest absolute Gasteiger partial charge is 0.0999 e. The third-order valence-corrected chi connectivity index (χ3v) is 4.49. The van der Waals surface area contributed by atoms with E-state index in [0.717, 1.165) is 28.9 Å². The molecule has 0 saturated carbocycles. The quantitative estimate of drug-likeness (QED) is 0.790. The van der Waals surface area contributed by atoms with E-state index in [1.165, 1.54) is 0 Å². The maximum absolute atomic E-state index is 9.68. The minimum atomic E-state index is 0.00619. The van der Waals surface area contributed by atoms with Crippen molar-refractivity contribution in [1.82, 2.24) is 4.98 Å². The molecule has 1 aliphatic heterocycles. The summed E-state index contributed by atoms with van der Waals surface area (Å²) < 4.78 is 0. The molecule has 1 saturated heterocycles. The van der Waals surface area contributed by atoms with E-state index in [1.807, 2.05) is 25.2 Å². The van der Waals surface area contributed by atoms with Gasteiger partial charge in [0.2, 0.25) is 0 Å². The fourth-order valence-corrected chi connectivity index (χ4v) is 3.29. The molecule has 2 aromatic rings. The summed E-state index contributed by atoms with van der Waals surface area (Å²) in [5.74, 6) is 0. The van der Waals surface area contributed by atoms with Crippen molar-refractivity contribution in [3.05, 3.63) is 42.2 Å². The number of nitrogens with zero attached hydrogens (tertiary/aromatic N) is 3. The van der Waals surface area contributed by atoms with Crippen LogP contribution in [0.5, 0.6) is 0 Å². The molecule has 6 nitrogen and oxygen atoms in total. The van der Waals surface area contributed by atoms with Crippen LogP contribution in [0.2, 0.25) is 0 Å². The molecule has 0 amide bonds. The molecule has 1 aromatic heterocycles. The summed E-state index contributed by atoms with van der Waals surface area (Å²) in [6, 6.07) is 9.96. The highest BCUT2D eigenvalue weighted by molar-refractivity contribution is 5.80. The van der Waals surface area contributed by atoms with E-state index in [4.69, 9.17) is 5.73 Å². The van der Waals surface area contributed by atoms with Crippen LogP contribution in [-0.4, -0.2) is 42.4 Å². The third-order valence-electron chi connectivity index (χ3n) is 4.49. The zero-order valence-corrected chi connectivity index (χ0v) is 13.6. The highest BCUT2D eigenvalue weighted by Gasteiger charge is 2.31. The number of aliphatic hydroxyl groups is 1. The van der Waals surface area contributed by atoms with Crippen molar-refractivity contribution in [3.8, 4) is 17.2 Å². The fraction of sp³-hybridized carbons (Fsp3) is 0.333. The number of hydrogen-bond donors (Lipinski definition) is 3. The van der Waals surface area contributed by atoms with Gasteiger partial charge in [0.25, 0.3) is 0 Å². The van der Waals surface area contributed by atoms with Gasteiger partial charge >= 0.3 is 0 Å². The lowest BCUT2D eigenvalue weighted by Crippen LogP contribution is -2.33. The summed E-state index contributed by atoms with van der Waals surface area (Å²) in [4.78, 5) is 6.28. The number of pyridine rings is 1. The third kappa shape index (κ3) is 2.92. The number of anilines is 2. The molecule has 24 heavy (non-hydrogen) atoms. The van der Waals surface area contributed by atoms with Crippen LogP contribution < -0.4 is 16.0 Å². The normalized spacial score (nSPS) is 20.0. The van der Waals surface area contributed by atoms with Gasteiger partial charge in [-0.05, 0) is 30.2 Å². The first-order valence-corrected chi connectivity index (χ1v) is 7.97. The van der Waals surface area contributed by atoms with Crippen LogP contribution in [0.4, 0.5) is 11.4 Å². The first-order valence-electron chi connectivity index (χ1n) is 7.97. The number of nitrogens with one attached hydrogen (secondary N) is 1. The molecule has 1 aromatic carbocycles. The minimum absolute atomic E-state index is 0.00619. The number of rotatable bonds is 4. The molecule has 0 aliphatic carbocycles. The summed E-state index contributed by atoms with van der Waals surface area (Å²) in [5.41, 5.74) is 10.3. The molecule has 6 heteroatoms. The lowest BCUT2D eigenvalue weighted by Gasteiger charge is -2.28. The predicted molar refractivity (Wildman–Crippen MR) is 94.7 cm³/mol. The van der Waals surface area contributed by atoms with Crippen LogP contribution in [0.15, 0.2) is 36.7 Å². The molecule has 2 atom stereocenters. The Morgan fingerprint density at radius 1 is 1.46 bits per heavy atom. The van der Waals surface area contributed by atoms with E-state index >= 15 is 0 Å². The Morgan fingerprint density at radius 2 is 2.29 bits per heavy atom. The summed E-state index contributed by atoms with van der Waals surface area (Å²) in [7, 11) is 1.87. The SMILES string of the molecule is CNc1ccc(-c2cnccc2C#N)cc1N1CC(N)CC1CO. The van der Waals surface area contributed by atoms with E-state index in [-0.39, 0.29) is 18.7 Å². The van der Waals surface area contributed by atoms with Gasteiger partial charge in [-0.15, -0.1) is 0 Å². The monoisotopic (exact) mass is 323 g/mol. The molecular formula is C18H21N5O. The van der Waals surface area contributed by atoms with E-state index in [0.29, 0.717) is 12.1 Å². The molecule has 124 valence electrons. The summed E-state index contributed by atoms with van der Waals surface area (Å²) in [6.07, 6.45) is 4.09. The zero-order valence-electron chi connectivity index (χ0n) is 13.6. The number of hydrogen-bond acceptors (Lipinski definition) is 6. The van der Waals surface area contributed by atoms with E-state index in [1.54, 1.807) is 18.5 Å². The average molecular weight is 323 g/mol. The van der Waals surface area contributed by atoms with Crippen molar-refractivity contribution in [2.45, 2.75) is 18.5 Å².